The molecule has 0 amide bonds. The van der Waals surface area contributed by atoms with Gasteiger partial charge in [0.25, 0.3) is 10.1 Å². The Morgan fingerprint density at radius 3 is 1.86 bits per heavy atom. The van der Waals surface area contributed by atoms with Gasteiger partial charge in [-0.15, -0.1) is 0 Å². The van der Waals surface area contributed by atoms with Crippen molar-refractivity contribution in [3.63, 3.8) is 0 Å². The van der Waals surface area contributed by atoms with Crippen molar-refractivity contribution in [2.24, 2.45) is 0 Å². The molecule has 0 aromatic heterocycles. The molecule has 0 unspecified atom stereocenters. The summed E-state index contributed by atoms with van der Waals surface area (Å²) in [4.78, 5) is 0. The first kappa shape index (κ1) is 13.6. The van der Waals surface area contributed by atoms with E-state index in [4.69, 9.17) is 0 Å². The lowest BCUT2D eigenvalue weighted by Crippen LogP contribution is -2.37. The molecule has 0 radical (unpaired) electrons. The van der Waals surface area contributed by atoms with Crippen molar-refractivity contribution in [3.8, 4) is 0 Å². The highest BCUT2D eigenvalue weighted by Gasteiger charge is 2.56. The molecule has 0 bridgehead atoms. The van der Waals surface area contributed by atoms with Crippen LogP contribution < -0.4 is 0 Å². The summed E-state index contributed by atoms with van der Waals surface area (Å²) in [6.45, 7) is -1.20. The second-order valence-electron chi connectivity index (χ2n) is 2.48. The normalized spacial score (nSPS) is 14.4. The number of hydrogen-bond donors (Lipinski definition) is 0. The summed E-state index contributed by atoms with van der Waals surface area (Å²) in [5.41, 5.74) is 0. The van der Waals surface area contributed by atoms with E-state index in [1.54, 1.807) is 0 Å². The second kappa shape index (κ2) is 3.97. The third-order valence-electron chi connectivity index (χ3n) is 1.13. The van der Waals surface area contributed by atoms with Gasteiger partial charge in [0.15, 0.2) is 0 Å². The quantitative estimate of drug-likeness (QED) is 0.555. The number of rotatable bonds is 4. The van der Waals surface area contributed by atoms with E-state index in [1.165, 1.54) is 0 Å². The van der Waals surface area contributed by atoms with Crippen LogP contribution in [0.4, 0.5) is 22.0 Å². The molecular weight excluding hydrogens is 235 g/mol. The first-order valence-corrected chi connectivity index (χ1v) is 5.06. The zero-order valence-corrected chi connectivity index (χ0v) is 7.75. The predicted molar refractivity (Wildman–Crippen MR) is 36.4 cm³/mol. The van der Waals surface area contributed by atoms with Gasteiger partial charge in [-0.25, -0.2) is 0 Å². The Bertz CT molecular complexity index is 280. The lowest BCUT2D eigenvalue weighted by molar-refractivity contribution is -0.285. The Labute approximate surface area is 77.0 Å². The third-order valence-corrected chi connectivity index (χ3v) is 1.72. The zero-order chi connectivity index (χ0) is 11.6. The van der Waals surface area contributed by atoms with Gasteiger partial charge in [-0.1, -0.05) is 0 Å². The summed E-state index contributed by atoms with van der Waals surface area (Å²) in [7, 11) is -3.99. The highest BCUT2D eigenvalue weighted by Crippen LogP contribution is 2.37. The summed E-state index contributed by atoms with van der Waals surface area (Å²) in [5, 5.41) is 0. The summed E-state index contributed by atoms with van der Waals surface area (Å²) in [6, 6.07) is 0. The molecule has 3 nitrogen and oxygen atoms in total. The van der Waals surface area contributed by atoms with E-state index in [-0.39, 0.29) is 0 Å². The van der Waals surface area contributed by atoms with Gasteiger partial charge >= 0.3 is 12.1 Å². The molecule has 86 valence electrons. The maximum absolute atomic E-state index is 12.1. The van der Waals surface area contributed by atoms with Crippen LogP contribution in [0.2, 0.25) is 0 Å². The SMILES string of the molecule is CS(=O)(=O)OCCC(F)(F)C(F)(F)F. The molecule has 0 aliphatic carbocycles. The summed E-state index contributed by atoms with van der Waals surface area (Å²) < 4.78 is 82.9. The topological polar surface area (TPSA) is 43.4 Å². The molecule has 0 rings (SSSR count). The van der Waals surface area contributed by atoms with Gasteiger partial charge in [-0.05, 0) is 0 Å². The van der Waals surface area contributed by atoms with Crippen molar-refractivity contribution in [2.75, 3.05) is 12.9 Å². The molecule has 0 saturated carbocycles. The van der Waals surface area contributed by atoms with Crippen molar-refractivity contribution in [1.82, 2.24) is 0 Å². The van der Waals surface area contributed by atoms with Gasteiger partial charge in [-0.3, -0.25) is 4.18 Å². The number of hydrogen-bond acceptors (Lipinski definition) is 3. The maximum atomic E-state index is 12.1. The Hall–Kier alpha value is -0.440. The van der Waals surface area contributed by atoms with E-state index in [1.807, 2.05) is 0 Å². The van der Waals surface area contributed by atoms with Crippen LogP contribution in [-0.2, 0) is 14.3 Å². The highest BCUT2D eigenvalue weighted by atomic mass is 32.2. The van der Waals surface area contributed by atoms with Crippen molar-refractivity contribution < 1.29 is 34.6 Å². The second-order valence-corrected chi connectivity index (χ2v) is 4.12. The third kappa shape index (κ3) is 4.70. The number of halogens is 5. The van der Waals surface area contributed by atoms with Crippen molar-refractivity contribution in [2.45, 2.75) is 18.5 Å². The lowest BCUT2D eigenvalue weighted by Gasteiger charge is -2.18. The lowest BCUT2D eigenvalue weighted by atomic mass is 10.2. The van der Waals surface area contributed by atoms with E-state index >= 15 is 0 Å². The van der Waals surface area contributed by atoms with Gasteiger partial charge in [0.05, 0.1) is 12.9 Å². The fourth-order valence-corrected chi connectivity index (χ4v) is 0.849. The van der Waals surface area contributed by atoms with E-state index in [0.29, 0.717) is 6.26 Å². The van der Waals surface area contributed by atoms with Crippen LogP contribution in [0.15, 0.2) is 0 Å². The fraction of sp³-hybridized carbons (Fsp3) is 1.00. The Balaban J connectivity index is 4.15. The molecule has 0 atom stereocenters. The van der Waals surface area contributed by atoms with Crippen molar-refractivity contribution in [3.05, 3.63) is 0 Å². The standard InChI is InChI=1S/C5H7F5O3S/c1-14(11,12)13-3-2-4(6,7)5(8,9)10/h2-3H2,1H3. The van der Waals surface area contributed by atoms with E-state index in [9.17, 15) is 30.4 Å². The largest absolute Gasteiger partial charge is 0.453 e. The summed E-state index contributed by atoms with van der Waals surface area (Å²) >= 11 is 0. The highest BCUT2D eigenvalue weighted by molar-refractivity contribution is 7.85. The fourth-order valence-electron chi connectivity index (χ4n) is 0.463. The average molecular weight is 242 g/mol. The average Bonchev–Trinajstić information content (AvgIpc) is 1.80. The van der Waals surface area contributed by atoms with Crippen LogP contribution in [0.25, 0.3) is 0 Å². The Morgan fingerprint density at radius 1 is 1.14 bits per heavy atom. The first-order valence-electron chi connectivity index (χ1n) is 3.25. The molecule has 0 aromatic carbocycles. The van der Waals surface area contributed by atoms with Crippen LogP contribution in [0.3, 0.4) is 0 Å². The molecule has 0 aromatic rings. The minimum absolute atomic E-state index is 0.554. The van der Waals surface area contributed by atoms with Gasteiger partial charge in [0.1, 0.15) is 0 Å². The molecule has 14 heavy (non-hydrogen) atoms. The molecule has 9 heteroatoms. The van der Waals surface area contributed by atoms with Crippen molar-refractivity contribution >= 4 is 10.1 Å². The summed E-state index contributed by atoms with van der Waals surface area (Å²) in [6.07, 6.45) is -6.85. The van der Waals surface area contributed by atoms with E-state index in [2.05, 4.69) is 4.18 Å². The molecule has 0 aliphatic heterocycles. The molecule has 0 N–H and O–H groups in total. The van der Waals surface area contributed by atoms with Gasteiger partial charge in [-0.2, -0.15) is 30.4 Å². The predicted octanol–water partition coefficient (Wildman–Crippen LogP) is 1.55. The first-order chi connectivity index (χ1) is 5.96. The smallest absolute Gasteiger partial charge is 0.270 e. The molecular formula is C5H7F5O3S. The van der Waals surface area contributed by atoms with Crippen LogP contribution in [0.1, 0.15) is 6.42 Å². The summed E-state index contributed by atoms with van der Waals surface area (Å²) in [5.74, 6) is -4.93. The van der Waals surface area contributed by atoms with Gasteiger partial charge in [0, 0.05) is 6.42 Å². The monoisotopic (exact) mass is 242 g/mol. The molecule has 0 aliphatic rings. The Kier molecular flexibility index (Phi) is 3.85. The van der Waals surface area contributed by atoms with Gasteiger partial charge < -0.3 is 0 Å². The molecule has 0 spiro atoms. The van der Waals surface area contributed by atoms with Gasteiger partial charge in [0.2, 0.25) is 0 Å². The van der Waals surface area contributed by atoms with Crippen LogP contribution in [-0.4, -0.2) is 33.4 Å². The zero-order valence-electron chi connectivity index (χ0n) is 6.94. The number of alkyl halides is 5. The van der Waals surface area contributed by atoms with E-state index < -0.39 is 35.2 Å². The van der Waals surface area contributed by atoms with Crippen LogP contribution >= 0.6 is 0 Å². The minimum atomic E-state index is -5.69. The maximum Gasteiger partial charge on any atom is 0.453 e. The van der Waals surface area contributed by atoms with Crippen LogP contribution in [0, 0.1) is 0 Å². The Morgan fingerprint density at radius 2 is 1.57 bits per heavy atom. The molecule has 0 saturated heterocycles. The van der Waals surface area contributed by atoms with Crippen molar-refractivity contribution in [1.29, 1.82) is 0 Å². The molecule has 0 fully saturated rings. The van der Waals surface area contributed by atoms with Crippen LogP contribution in [0.5, 0.6) is 0 Å². The van der Waals surface area contributed by atoms with E-state index in [0.717, 1.165) is 0 Å². The molecule has 0 heterocycles. The minimum Gasteiger partial charge on any atom is -0.270 e.